The van der Waals surface area contributed by atoms with Gasteiger partial charge in [0.25, 0.3) is 5.91 Å². The molecule has 0 aliphatic carbocycles. The molecule has 16 heavy (non-hydrogen) atoms. The number of nitrogens with one attached hydrogen (secondary N) is 2. The monoisotopic (exact) mass is 244 g/mol. The van der Waals surface area contributed by atoms with Crippen molar-refractivity contribution in [2.75, 3.05) is 5.88 Å². The summed E-state index contributed by atoms with van der Waals surface area (Å²) in [7, 11) is 0. The number of amides is 2. The van der Waals surface area contributed by atoms with Gasteiger partial charge in [0.2, 0.25) is 5.91 Å². The SMILES string of the molecule is O=C(CCl)NNC(=O)Cc1cccc(F)c1. The lowest BCUT2D eigenvalue weighted by Gasteiger charge is -2.05. The molecule has 0 unspecified atom stereocenters. The summed E-state index contributed by atoms with van der Waals surface area (Å²) < 4.78 is 12.8. The smallest absolute Gasteiger partial charge is 0.253 e. The maximum atomic E-state index is 12.8. The van der Waals surface area contributed by atoms with Crippen LogP contribution in [0.1, 0.15) is 5.56 Å². The highest BCUT2D eigenvalue weighted by Gasteiger charge is 2.05. The van der Waals surface area contributed by atoms with E-state index >= 15 is 0 Å². The van der Waals surface area contributed by atoms with Crippen LogP contribution in [0.5, 0.6) is 0 Å². The lowest BCUT2D eigenvalue weighted by Crippen LogP contribution is -2.42. The quantitative estimate of drug-likeness (QED) is 0.609. The molecule has 1 aromatic carbocycles. The first-order valence-corrected chi connectivity index (χ1v) is 5.03. The number of halogens is 2. The molecule has 1 rings (SSSR count). The van der Waals surface area contributed by atoms with Crippen LogP contribution in [0, 0.1) is 5.82 Å². The van der Waals surface area contributed by atoms with Gasteiger partial charge < -0.3 is 0 Å². The van der Waals surface area contributed by atoms with E-state index in [0.29, 0.717) is 5.56 Å². The van der Waals surface area contributed by atoms with Crippen molar-refractivity contribution in [3.05, 3.63) is 35.6 Å². The molecule has 0 radical (unpaired) electrons. The van der Waals surface area contributed by atoms with E-state index in [9.17, 15) is 14.0 Å². The molecule has 4 nitrogen and oxygen atoms in total. The highest BCUT2D eigenvalue weighted by molar-refractivity contribution is 6.27. The van der Waals surface area contributed by atoms with Gasteiger partial charge in [-0.25, -0.2) is 4.39 Å². The fourth-order valence-corrected chi connectivity index (χ4v) is 1.12. The van der Waals surface area contributed by atoms with Gasteiger partial charge in [-0.1, -0.05) is 12.1 Å². The molecule has 0 saturated heterocycles. The van der Waals surface area contributed by atoms with Crippen LogP contribution in [-0.2, 0) is 16.0 Å². The Hall–Kier alpha value is -1.62. The largest absolute Gasteiger partial charge is 0.273 e. The van der Waals surface area contributed by atoms with Gasteiger partial charge in [-0.2, -0.15) is 0 Å². The van der Waals surface area contributed by atoms with Crippen LogP contribution in [0.25, 0.3) is 0 Å². The average Bonchev–Trinajstić information content (AvgIpc) is 2.26. The van der Waals surface area contributed by atoms with Crippen molar-refractivity contribution in [1.82, 2.24) is 10.9 Å². The van der Waals surface area contributed by atoms with E-state index in [-0.39, 0.29) is 12.3 Å². The standard InChI is InChI=1S/C10H10ClFN2O2/c11-6-10(16)14-13-9(15)5-7-2-1-3-8(12)4-7/h1-4H,5-6H2,(H,13,15)(H,14,16). The van der Waals surface area contributed by atoms with Crippen LogP contribution in [0.4, 0.5) is 4.39 Å². The molecule has 0 atom stereocenters. The van der Waals surface area contributed by atoms with Crippen LogP contribution in [0.3, 0.4) is 0 Å². The summed E-state index contributed by atoms with van der Waals surface area (Å²) in [5, 5.41) is 0. The fraction of sp³-hybridized carbons (Fsp3) is 0.200. The average molecular weight is 245 g/mol. The van der Waals surface area contributed by atoms with E-state index in [0.717, 1.165) is 0 Å². The second-order valence-corrected chi connectivity index (χ2v) is 3.30. The first-order chi connectivity index (χ1) is 7.61. The maximum absolute atomic E-state index is 12.8. The van der Waals surface area contributed by atoms with Gasteiger partial charge in [0.05, 0.1) is 6.42 Å². The first kappa shape index (κ1) is 12.4. The van der Waals surface area contributed by atoms with Gasteiger partial charge in [0.1, 0.15) is 11.7 Å². The summed E-state index contributed by atoms with van der Waals surface area (Å²) in [6.45, 7) is 0. The zero-order valence-corrected chi connectivity index (χ0v) is 9.05. The molecule has 0 aliphatic heterocycles. The summed E-state index contributed by atoms with van der Waals surface area (Å²) >= 11 is 5.20. The highest BCUT2D eigenvalue weighted by atomic mass is 35.5. The molecular weight excluding hydrogens is 235 g/mol. The van der Waals surface area contributed by atoms with Gasteiger partial charge in [-0.15, -0.1) is 11.6 Å². The molecule has 86 valence electrons. The molecule has 0 aromatic heterocycles. The number of hydrogen-bond donors (Lipinski definition) is 2. The molecule has 2 N–H and O–H groups in total. The molecule has 0 heterocycles. The summed E-state index contributed by atoms with van der Waals surface area (Å²) in [6.07, 6.45) is -0.0136. The van der Waals surface area contributed by atoms with E-state index in [4.69, 9.17) is 11.6 Å². The molecule has 0 spiro atoms. The van der Waals surface area contributed by atoms with Gasteiger partial charge in [0, 0.05) is 0 Å². The van der Waals surface area contributed by atoms with Crippen molar-refractivity contribution >= 4 is 23.4 Å². The Morgan fingerprint density at radius 2 is 1.94 bits per heavy atom. The Morgan fingerprint density at radius 3 is 2.56 bits per heavy atom. The van der Waals surface area contributed by atoms with Crippen LogP contribution in [0.15, 0.2) is 24.3 Å². The number of carbonyl (C=O) groups is 2. The van der Waals surface area contributed by atoms with Crippen molar-refractivity contribution < 1.29 is 14.0 Å². The minimum absolute atomic E-state index is 0.0136. The zero-order valence-electron chi connectivity index (χ0n) is 8.30. The number of hydrogen-bond acceptors (Lipinski definition) is 2. The lowest BCUT2D eigenvalue weighted by molar-refractivity contribution is -0.127. The van der Waals surface area contributed by atoms with E-state index < -0.39 is 17.6 Å². The van der Waals surface area contributed by atoms with Gasteiger partial charge >= 0.3 is 0 Å². The third-order valence-corrected chi connectivity index (χ3v) is 1.96. The molecule has 1 aromatic rings. The van der Waals surface area contributed by atoms with Crippen molar-refractivity contribution in [1.29, 1.82) is 0 Å². The van der Waals surface area contributed by atoms with Crippen molar-refractivity contribution in [2.45, 2.75) is 6.42 Å². The van der Waals surface area contributed by atoms with Gasteiger partial charge in [-0.05, 0) is 17.7 Å². The minimum Gasteiger partial charge on any atom is -0.273 e. The summed E-state index contributed by atoms with van der Waals surface area (Å²) in [6, 6.07) is 5.67. The predicted molar refractivity (Wildman–Crippen MR) is 57.1 cm³/mol. The topological polar surface area (TPSA) is 58.2 Å². The van der Waals surface area contributed by atoms with Crippen LogP contribution < -0.4 is 10.9 Å². The van der Waals surface area contributed by atoms with E-state index in [1.54, 1.807) is 6.07 Å². The van der Waals surface area contributed by atoms with E-state index in [1.807, 2.05) is 0 Å². The third-order valence-electron chi connectivity index (χ3n) is 1.72. The van der Waals surface area contributed by atoms with E-state index in [2.05, 4.69) is 10.9 Å². The maximum Gasteiger partial charge on any atom is 0.253 e. The highest BCUT2D eigenvalue weighted by Crippen LogP contribution is 2.03. The van der Waals surface area contributed by atoms with Crippen LogP contribution in [0.2, 0.25) is 0 Å². The Balaban J connectivity index is 2.43. The van der Waals surface area contributed by atoms with Crippen LogP contribution >= 0.6 is 11.6 Å². The Bertz CT molecular complexity index is 398. The summed E-state index contributed by atoms with van der Waals surface area (Å²) in [5.74, 6) is -1.59. The second-order valence-electron chi connectivity index (χ2n) is 3.04. The number of carbonyl (C=O) groups excluding carboxylic acids is 2. The van der Waals surface area contributed by atoms with Crippen molar-refractivity contribution in [2.24, 2.45) is 0 Å². The van der Waals surface area contributed by atoms with Crippen LogP contribution in [-0.4, -0.2) is 17.7 Å². The molecule has 6 heteroatoms. The summed E-state index contributed by atoms with van der Waals surface area (Å²) in [5.41, 5.74) is 4.78. The Morgan fingerprint density at radius 1 is 1.25 bits per heavy atom. The molecule has 0 aliphatic rings. The number of benzene rings is 1. The normalized spacial score (nSPS) is 9.62. The fourth-order valence-electron chi connectivity index (χ4n) is 1.05. The zero-order chi connectivity index (χ0) is 12.0. The molecule has 0 saturated carbocycles. The Kier molecular flexibility index (Phi) is 4.72. The minimum atomic E-state index is -0.505. The number of alkyl halides is 1. The van der Waals surface area contributed by atoms with E-state index in [1.165, 1.54) is 18.2 Å². The lowest BCUT2D eigenvalue weighted by atomic mass is 10.1. The molecule has 0 fully saturated rings. The number of rotatable bonds is 3. The Labute approximate surface area is 96.8 Å². The third kappa shape index (κ3) is 4.27. The van der Waals surface area contributed by atoms with Gasteiger partial charge in [-0.3, -0.25) is 20.4 Å². The molecular formula is C10H10ClFN2O2. The first-order valence-electron chi connectivity index (χ1n) is 4.50. The molecule has 2 amide bonds. The van der Waals surface area contributed by atoms with Crippen molar-refractivity contribution in [3.8, 4) is 0 Å². The predicted octanol–water partition coefficient (Wildman–Crippen LogP) is 0.754. The van der Waals surface area contributed by atoms with Crippen molar-refractivity contribution in [3.63, 3.8) is 0 Å². The molecule has 0 bridgehead atoms. The van der Waals surface area contributed by atoms with Gasteiger partial charge in [0.15, 0.2) is 0 Å². The second kappa shape index (κ2) is 6.07. The number of hydrazine groups is 1. The summed E-state index contributed by atoms with van der Waals surface area (Å²) in [4.78, 5) is 22.0.